The minimum Gasteiger partial charge on any atom is -0.310 e. The SMILES string of the molecule is CCc1cc(N(c2ccccc2)c2ccccc2)cc(CC)c1-c1c(C#N)c(-c2ccccc2)nc(-c2ccccc2)c1C#N. The third-order valence-corrected chi connectivity index (χ3v) is 8.10. The van der Waals surface area contributed by atoms with Crippen LogP contribution in [0.5, 0.6) is 0 Å². The van der Waals surface area contributed by atoms with Gasteiger partial charge in [0.05, 0.1) is 22.5 Å². The Balaban J connectivity index is 1.69. The van der Waals surface area contributed by atoms with Crippen LogP contribution in [0.15, 0.2) is 133 Å². The van der Waals surface area contributed by atoms with Crippen molar-refractivity contribution in [2.75, 3.05) is 4.90 Å². The van der Waals surface area contributed by atoms with Crippen molar-refractivity contribution in [3.8, 4) is 45.8 Å². The number of rotatable bonds is 8. The minimum absolute atomic E-state index is 0.414. The minimum atomic E-state index is 0.414. The molecule has 0 saturated carbocycles. The second-order valence-electron chi connectivity index (χ2n) is 10.7. The molecule has 216 valence electrons. The molecule has 0 unspecified atom stereocenters. The van der Waals surface area contributed by atoms with Crippen LogP contribution in [-0.4, -0.2) is 4.98 Å². The van der Waals surface area contributed by atoms with E-state index in [9.17, 15) is 10.5 Å². The van der Waals surface area contributed by atoms with E-state index in [2.05, 4.69) is 67.3 Å². The van der Waals surface area contributed by atoms with Crippen molar-refractivity contribution in [1.29, 1.82) is 10.5 Å². The first-order valence-corrected chi connectivity index (χ1v) is 15.2. The Morgan fingerprint density at radius 2 is 0.889 bits per heavy atom. The summed E-state index contributed by atoms with van der Waals surface area (Å²) in [5, 5.41) is 21.5. The molecule has 0 fully saturated rings. The zero-order chi connectivity index (χ0) is 31.2. The molecule has 1 heterocycles. The van der Waals surface area contributed by atoms with E-state index < -0.39 is 0 Å². The molecule has 4 nitrogen and oxygen atoms in total. The molecule has 0 aliphatic heterocycles. The molecule has 0 aliphatic carbocycles. The largest absolute Gasteiger partial charge is 0.310 e. The Morgan fingerprint density at radius 3 is 1.24 bits per heavy atom. The molecule has 5 aromatic carbocycles. The lowest BCUT2D eigenvalue weighted by molar-refractivity contribution is 1.08. The Hall–Kier alpha value is -5.97. The lowest BCUT2D eigenvalue weighted by Gasteiger charge is -2.28. The number of aryl methyl sites for hydroxylation is 2. The first-order valence-electron chi connectivity index (χ1n) is 15.2. The molecular formula is C41H32N4. The fraction of sp³-hybridized carbons (Fsp3) is 0.0976. The number of hydrogen-bond donors (Lipinski definition) is 0. The molecule has 45 heavy (non-hydrogen) atoms. The molecule has 0 saturated heterocycles. The number of benzene rings is 5. The van der Waals surface area contributed by atoms with Crippen LogP contribution in [0.4, 0.5) is 17.1 Å². The van der Waals surface area contributed by atoms with Gasteiger partial charge in [-0.2, -0.15) is 10.5 Å². The van der Waals surface area contributed by atoms with Crippen LogP contribution in [-0.2, 0) is 12.8 Å². The van der Waals surface area contributed by atoms with Gasteiger partial charge < -0.3 is 4.90 Å². The van der Waals surface area contributed by atoms with Gasteiger partial charge in [-0.1, -0.05) is 111 Å². The van der Waals surface area contributed by atoms with Gasteiger partial charge in [-0.05, 0) is 65.9 Å². The Kier molecular flexibility index (Phi) is 8.49. The molecule has 0 aliphatic rings. The monoisotopic (exact) mass is 580 g/mol. The molecule has 0 atom stereocenters. The lowest BCUT2D eigenvalue weighted by atomic mass is 9.83. The third kappa shape index (κ3) is 5.58. The predicted molar refractivity (Wildman–Crippen MR) is 183 cm³/mol. The first-order chi connectivity index (χ1) is 22.2. The second-order valence-corrected chi connectivity index (χ2v) is 10.7. The van der Waals surface area contributed by atoms with E-state index in [-0.39, 0.29) is 0 Å². The van der Waals surface area contributed by atoms with E-state index in [1.807, 2.05) is 97.1 Å². The van der Waals surface area contributed by atoms with Gasteiger partial charge in [-0.3, -0.25) is 0 Å². The molecule has 4 heteroatoms. The normalized spacial score (nSPS) is 10.6. The summed E-state index contributed by atoms with van der Waals surface area (Å²) in [6.45, 7) is 4.26. The van der Waals surface area contributed by atoms with Crippen LogP contribution in [0, 0.1) is 22.7 Å². The number of hydrogen-bond acceptors (Lipinski definition) is 4. The quantitative estimate of drug-likeness (QED) is 0.180. The molecule has 0 bridgehead atoms. The summed E-state index contributed by atoms with van der Waals surface area (Å²) in [5.74, 6) is 0. The van der Waals surface area contributed by atoms with Gasteiger partial charge in [0.15, 0.2) is 0 Å². The van der Waals surface area contributed by atoms with Crippen molar-refractivity contribution in [2.45, 2.75) is 26.7 Å². The highest BCUT2D eigenvalue weighted by Crippen LogP contribution is 2.44. The molecule has 1 aromatic heterocycles. The van der Waals surface area contributed by atoms with Gasteiger partial charge in [0, 0.05) is 33.8 Å². The average molecular weight is 581 g/mol. The first kappa shape index (κ1) is 29.1. The van der Waals surface area contributed by atoms with Gasteiger partial charge in [0.25, 0.3) is 0 Å². The standard InChI is InChI=1S/C41H32N4/c1-3-29-25-35(45(33-21-13-7-14-22-33)34-23-15-8-16-24-34)26-30(4-2)38(29)39-36(27-42)40(31-17-9-5-10-18-31)44-41(37(39)28-43)32-19-11-6-12-20-32/h5-26H,3-4H2,1-2H3. The second kappa shape index (κ2) is 13.1. The van der Waals surface area contributed by atoms with Crippen LogP contribution in [0.3, 0.4) is 0 Å². The molecule has 0 amide bonds. The van der Waals surface area contributed by atoms with E-state index >= 15 is 0 Å². The molecule has 6 aromatic rings. The van der Waals surface area contributed by atoms with E-state index in [1.54, 1.807) is 0 Å². The fourth-order valence-electron chi connectivity index (χ4n) is 6.02. The summed E-state index contributed by atoms with van der Waals surface area (Å²) in [6.07, 6.45) is 1.43. The maximum atomic E-state index is 10.8. The van der Waals surface area contributed by atoms with Gasteiger partial charge in [0.1, 0.15) is 12.1 Å². The summed E-state index contributed by atoms with van der Waals surface area (Å²) in [4.78, 5) is 7.28. The van der Waals surface area contributed by atoms with Crippen LogP contribution in [0.1, 0.15) is 36.1 Å². The van der Waals surface area contributed by atoms with E-state index in [0.717, 1.165) is 44.9 Å². The zero-order valence-electron chi connectivity index (χ0n) is 25.4. The van der Waals surface area contributed by atoms with Crippen molar-refractivity contribution in [2.24, 2.45) is 0 Å². The third-order valence-electron chi connectivity index (χ3n) is 8.10. The van der Waals surface area contributed by atoms with E-state index in [4.69, 9.17) is 4.98 Å². The van der Waals surface area contributed by atoms with Gasteiger partial charge >= 0.3 is 0 Å². The Labute approximate surface area is 265 Å². The number of aromatic nitrogens is 1. The van der Waals surface area contributed by atoms with Crippen LogP contribution in [0.2, 0.25) is 0 Å². The molecule has 0 radical (unpaired) electrons. The van der Waals surface area contributed by atoms with Crippen LogP contribution < -0.4 is 4.90 Å². The van der Waals surface area contributed by atoms with Gasteiger partial charge in [-0.15, -0.1) is 0 Å². The van der Waals surface area contributed by atoms with Gasteiger partial charge in [0.2, 0.25) is 0 Å². The van der Waals surface area contributed by atoms with Crippen molar-refractivity contribution in [1.82, 2.24) is 4.98 Å². The summed E-state index contributed by atoms with van der Waals surface area (Å²) in [5.41, 5.74) is 10.5. The van der Waals surface area contributed by atoms with Crippen LogP contribution >= 0.6 is 0 Å². The van der Waals surface area contributed by atoms with Crippen LogP contribution in [0.25, 0.3) is 33.6 Å². The molecule has 0 N–H and O–H groups in total. The molecule has 0 spiro atoms. The zero-order valence-corrected chi connectivity index (χ0v) is 25.4. The van der Waals surface area contributed by atoms with Crippen molar-refractivity contribution in [3.63, 3.8) is 0 Å². The van der Waals surface area contributed by atoms with Crippen molar-refractivity contribution in [3.05, 3.63) is 156 Å². The highest BCUT2D eigenvalue weighted by Gasteiger charge is 2.27. The Bertz CT molecular complexity index is 1880. The van der Waals surface area contributed by atoms with E-state index in [1.165, 1.54) is 0 Å². The summed E-state index contributed by atoms with van der Waals surface area (Å²) >= 11 is 0. The molecule has 6 rings (SSSR count). The molecular weight excluding hydrogens is 548 g/mol. The van der Waals surface area contributed by atoms with Crippen molar-refractivity contribution < 1.29 is 0 Å². The predicted octanol–water partition coefficient (Wildman–Crippen LogP) is 10.4. The Morgan fingerprint density at radius 1 is 0.511 bits per heavy atom. The number of anilines is 3. The summed E-state index contributed by atoms with van der Waals surface area (Å²) in [6, 6.07) is 49.6. The number of nitrogens with zero attached hydrogens (tertiary/aromatic N) is 4. The number of nitriles is 2. The topological polar surface area (TPSA) is 63.7 Å². The fourth-order valence-corrected chi connectivity index (χ4v) is 6.02. The number of para-hydroxylation sites is 2. The lowest BCUT2D eigenvalue weighted by Crippen LogP contribution is -2.12. The maximum Gasteiger partial charge on any atom is 0.102 e. The summed E-state index contributed by atoms with van der Waals surface area (Å²) in [7, 11) is 0. The van der Waals surface area contributed by atoms with E-state index in [0.29, 0.717) is 40.9 Å². The highest BCUT2D eigenvalue weighted by molar-refractivity contribution is 5.92. The average Bonchev–Trinajstić information content (AvgIpc) is 3.12. The van der Waals surface area contributed by atoms with Gasteiger partial charge in [-0.25, -0.2) is 4.98 Å². The highest BCUT2D eigenvalue weighted by atomic mass is 15.1. The maximum absolute atomic E-state index is 10.8. The summed E-state index contributed by atoms with van der Waals surface area (Å²) < 4.78 is 0. The smallest absolute Gasteiger partial charge is 0.102 e. The number of pyridine rings is 1. The van der Waals surface area contributed by atoms with Crippen molar-refractivity contribution >= 4 is 17.1 Å².